The van der Waals surface area contributed by atoms with Crippen LogP contribution in [0.3, 0.4) is 0 Å². The number of carbonyl (C=O) groups excluding carboxylic acids is 1. The van der Waals surface area contributed by atoms with Crippen LogP contribution in [0, 0.1) is 0 Å². The van der Waals surface area contributed by atoms with E-state index in [4.69, 9.17) is 4.42 Å². The highest BCUT2D eigenvalue weighted by Crippen LogP contribution is 2.09. The topological polar surface area (TPSA) is 107 Å². The molecule has 1 aromatic rings. The van der Waals surface area contributed by atoms with Crippen LogP contribution in [0.15, 0.2) is 27.8 Å². The average molecular weight is 385 g/mol. The Balaban J connectivity index is 1.83. The van der Waals surface area contributed by atoms with E-state index < -0.39 is 10.0 Å². The summed E-state index contributed by atoms with van der Waals surface area (Å²) in [5.74, 6) is 1.05. The Bertz CT molecular complexity index is 694. The van der Waals surface area contributed by atoms with E-state index in [1.54, 1.807) is 17.0 Å². The Morgan fingerprint density at radius 1 is 1.27 bits per heavy atom. The molecule has 0 aliphatic carbocycles. The van der Waals surface area contributed by atoms with E-state index in [1.165, 1.54) is 6.26 Å². The Morgan fingerprint density at radius 2 is 1.96 bits per heavy atom. The molecular formula is C16H27N5O4S. The fraction of sp³-hybridized carbons (Fsp3) is 0.625. The van der Waals surface area contributed by atoms with Gasteiger partial charge in [-0.25, -0.2) is 13.1 Å². The first kappa shape index (κ1) is 20.2. The molecule has 1 aromatic heterocycles. The number of furan rings is 1. The van der Waals surface area contributed by atoms with Crippen molar-refractivity contribution in [3.05, 3.63) is 24.2 Å². The lowest BCUT2D eigenvalue weighted by Crippen LogP contribution is -2.53. The molecule has 26 heavy (non-hydrogen) atoms. The number of hydrogen-bond donors (Lipinski definition) is 2. The maximum absolute atomic E-state index is 12.3. The molecule has 146 valence electrons. The maximum Gasteiger partial charge on any atom is 0.289 e. The van der Waals surface area contributed by atoms with E-state index >= 15 is 0 Å². The van der Waals surface area contributed by atoms with Crippen LogP contribution in [-0.4, -0.2) is 82.2 Å². The number of hydrogen-bond acceptors (Lipinski definition) is 5. The number of nitrogens with zero attached hydrogens (tertiary/aromatic N) is 3. The first-order valence-corrected chi connectivity index (χ1v) is 10.6. The molecule has 10 heteroatoms. The van der Waals surface area contributed by atoms with Crippen LogP contribution in [-0.2, 0) is 10.0 Å². The Morgan fingerprint density at radius 3 is 2.54 bits per heavy atom. The van der Waals surface area contributed by atoms with Gasteiger partial charge in [0.15, 0.2) is 11.7 Å². The summed E-state index contributed by atoms with van der Waals surface area (Å²) in [6, 6.07) is 3.38. The summed E-state index contributed by atoms with van der Waals surface area (Å²) in [6.07, 6.45) is 3.26. The highest BCUT2D eigenvalue weighted by Gasteiger charge is 2.25. The molecule has 0 aromatic carbocycles. The summed E-state index contributed by atoms with van der Waals surface area (Å²) in [4.78, 5) is 20.7. The van der Waals surface area contributed by atoms with E-state index in [1.807, 2.05) is 6.92 Å². The van der Waals surface area contributed by atoms with Crippen LogP contribution in [0.4, 0.5) is 0 Å². The Kier molecular flexibility index (Phi) is 7.46. The molecule has 9 nitrogen and oxygen atoms in total. The normalized spacial score (nSPS) is 16.0. The van der Waals surface area contributed by atoms with E-state index in [0.29, 0.717) is 51.4 Å². The van der Waals surface area contributed by atoms with Crippen molar-refractivity contribution < 1.29 is 17.6 Å². The van der Waals surface area contributed by atoms with Crippen molar-refractivity contribution in [2.45, 2.75) is 13.3 Å². The number of guanidine groups is 1. The molecule has 2 N–H and O–H groups in total. The highest BCUT2D eigenvalue weighted by molar-refractivity contribution is 7.88. The van der Waals surface area contributed by atoms with Gasteiger partial charge in [0.1, 0.15) is 0 Å². The molecule has 1 aliphatic heterocycles. The van der Waals surface area contributed by atoms with Gasteiger partial charge in [-0.05, 0) is 25.5 Å². The third kappa shape index (κ3) is 6.34. The van der Waals surface area contributed by atoms with Gasteiger partial charge in [-0.15, -0.1) is 0 Å². The number of piperazine rings is 1. The molecule has 0 radical (unpaired) electrons. The summed E-state index contributed by atoms with van der Waals surface area (Å²) in [7, 11) is -3.16. The van der Waals surface area contributed by atoms with Crippen LogP contribution in [0.25, 0.3) is 0 Å². The van der Waals surface area contributed by atoms with E-state index in [0.717, 1.165) is 18.8 Å². The fourth-order valence-corrected chi connectivity index (χ4v) is 3.14. The molecule has 2 heterocycles. The number of nitrogens with one attached hydrogen (secondary N) is 2. The van der Waals surface area contributed by atoms with Crippen molar-refractivity contribution in [3.63, 3.8) is 0 Å². The van der Waals surface area contributed by atoms with Crippen molar-refractivity contribution >= 4 is 21.9 Å². The molecule has 1 fully saturated rings. The summed E-state index contributed by atoms with van der Waals surface area (Å²) < 4.78 is 29.7. The minimum atomic E-state index is -3.16. The van der Waals surface area contributed by atoms with Gasteiger partial charge in [0.2, 0.25) is 10.0 Å². The predicted molar refractivity (Wildman–Crippen MR) is 99.6 cm³/mol. The minimum Gasteiger partial charge on any atom is -0.459 e. The number of rotatable bonds is 7. The summed E-state index contributed by atoms with van der Waals surface area (Å²) in [6.45, 7) is 6.19. The maximum atomic E-state index is 12.3. The quantitative estimate of drug-likeness (QED) is 0.387. The summed E-state index contributed by atoms with van der Waals surface area (Å²) >= 11 is 0. The van der Waals surface area contributed by atoms with Gasteiger partial charge in [-0.2, -0.15) is 0 Å². The van der Waals surface area contributed by atoms with Crippen LogP contribution in [0.2, 0.25) is 0 Å². The third-order valence-corrected chi connectivity index (χ3v) is 4.62. The van der Waals surface area contributed by atoms with Crippen LogP contribution in [0.5, 0.6) is 0 Å². The van der Waals surface area contributed by atoms with Crippen LogP contribution >= 0.6 is 0 Å². The average Bonchev–Trinajstić information content (AvgIpc) is 3.14. The zero-order valence-corrected chi connectivity index (χ0v) is 16.1. The van der Waals surface area contributed by atoms with Gasteiger partial charge in [0.05, 0.1) is 12.5 Å². The summed E-state index contributed by atoms with van der Waals surface area (Å²) in [5.41, 5.74) is 0. The monoisotopic (exact) mass is 385 g/mol. The van der Waals surface area contributed by atoms with Crippen molar-refractivity contribution in [1.29, 1.82) is 0 Å². The van der Waals surface area contributed by atoms with Gasteiger partial charge in [-0.3, -0.25) is 9.79 Å². The molecule has 0 saturated carbocycles. The standard InChI is InChI=1S/C16H27N5O4S/c1-3-17-16(18-7-5-8-19-26(2,23)24)21-11-9-20(10-12-21)15(22)14-6-4-13-25-14/h4,6,13,19H,3,5,7-12H2,1-2H3,(H,17,18). The lowest BCUT2D eigenvalue weighted by atomic mass is 10.3. The Hall–Kier alpha value is -2.07. The van der Waals surface area contributed by atoms with Crippen molar-refractivity contribution in [2.75, 3.05) is 52.1 Å². The predicted octanol–water partition coefficient (Wildman–Crippen LogP) is -0.0578. The first-order chi connectivity index (χ1) is 12.4. The molecule has 0 unspecified atom stereocenters. The zero-order valence-electron chi connectivity index (χ0n) is 15.3. The van der Waals surface area contributed by atoms with Crippen molar-refractivity contribution in [2.24, 2.45) is 4.99 Å². The second-order valence-electron chi connectivity index (χ2n) is 6.01. The zero-order chi connectivity index (χ0) is 19.0. The number of amides is 1. The molecule has 0 atom stereocenters. The number of carbonyl (C=O) groups is 1. The van der Waals surface area contributed by atoms with Gasteiger partial charge in [-0.1, -0.05) is 0 Å². The molecular weight excluding hydrogens is 358 g/mol. The highest BCUT2D eigenvalue weighted by atomic mass is 32.2. The fourth-order valence-electron chi connectivity index (χ4n) is 2.62. The molecule has 1 aliphatic rings. The second kappa shape index (κ2) is 9.58. The molecule has 2 rings (SSSR count). The van der Waals surface area contributed by atoms with Gasteiger partial charge in [0, 0.05) is 45.8 Å². The smallest absolute Gasteiger partial charge is 0.289 e. The third-order valence-electron chi connectivity index (χ3n) is 3.89. The van der Waals surface area contributed by atoms with Crippen LogP contribution < -0.4 is 10.0 Å². The molecule has 0 bridgehead atoms. The number of sulfonamides is 1. The molecule has 1 amide bonds. The Labute approximate surface area is 154 Å². The largest absolute Gasteiger partial charge is 0.459 e. The second-order valence-corrected chi connectivity index (χ2v) is 7.85. The SMILES string of the molecule is CCNC(=NCCCNS(C)(=O)=O)N1CCN(C(=O)c2ccco2)CC1. The van der Waals surface area contributed by atoms with Crippen LogP contribution in [0.1, 0.15) is 23.9 Å². The lowest BCUT2D eigenvalue weighted by molar-refractivity contribution is 0.0657. The lowest BCUT2D eigenvalue weighted by Gasteiger charge is -2.36. The van der Waals surface area contributed by atoms with E-state index in [9.17, 15) is 13.2 Å². The van der Waals surface area contributed by atoms with E-state index in [-0.39, 0.29) is 5.91 Å². The van der Waals surface area contributed by atoms with Gasteiger partial charge in [0.25, 0.3) is 5.91 Å². The molecule has 1 saturated heterocycles. The van der Waals surface area contributed by atoms with Crippen molar-refractivity contribution in [1.82, 2.24) is 19.8 Å². The summed E-state index contributed by atoms with van der Waals surface area (Å²) in [5, 5.41) is 3.25. The van der Waals surface area contributed by atoms with Gasteiger partial charge >= 0.3 is 0 Å². The van der Waals surface area contributed by atoms with Crippen molar-refractivity contribution in [3.8, 4) is 0 Å². The first-order valence-electron chi connectivity index (χ1n) is 8.71. The number of aliphatic imine (C=N–C) groups is 1. The van der Waals surface area contributed by atoms with E-state index in [2.05, 4.69) is 19.9 Å². The molecule has 0 spiro atoms. The minimum absolute atomic E-state index is 0.0940. The van der Waals surface area contributed by atoms with Gasteiger partial charge < -0.3 is 19.5 Å².